The van der Waals surface area contributed by atoms with E-state index in [4.69, 9.17) is 4.74 Å². The third-order valence-corrected chi connectivity index (χ3v) is 2.92. The molecule has 0 unspecified atom stereocenters. The summed E-state index contributed by atoms with van der Waals surface area (Å²) in [7, 11) is 1.45. The quantitative estimate of drug-likeness (QED) is 0.787. The van der Waals surface area contributed by atoms with E-state index in [1.807, 2.05) is 0 Å². The first-order chi connectivity index (χ1) is 9.06. The Bertz CT molecular complexity index is 636. The van der Waals surface area contributed by atoms with E-state index in [9.17, 15) is 13.6 Å². The highest BCUT2D eigenvalue weighted by molar-refractivity contribution is 5.83. The molecule has 0 aliphatic heterocycles. The molecule has 0 aromatic heterocycles. The molecule has 2 aromatic rings. The highest BCUT2D eigenvalue weighted by atomic mass is 19.1. The molecule has 0 aliphatic carbocycles. The predicted octanol–water partition coefficient (Wildman–Crippen LogP) is 3.76. The molecular formula is C15H12F2O2. The number of ether oxygens (including phenoxy) is 1. The summed E-state index contributed by atoms with van der Waals surface area (Å²) < 4.78 is 32.0. The molecule has 0 atom stereocenters. The molecule has 0 amide bonds. The Morgan fingerprint density at radius 2 is 1.84 bits per heavy atom. The maximum atomic E-state index is 13.8. The average Bonchev–Trinajstić information content (AvgIpc) is 2.42. The summed E-state index contributed by atoms with van der Waals surface area (Å²) in [4.78, 5) is 10.9. The molecule has 0 bridgehead atoms. The van der Waals surface area contributed by atoms with Crippen molar-refractivity contribution < 1.29 is 18.3 Å². The van der Waals surface area contributed by atoms with Crippen LogP contribution < -0.4 is 4.74 Å². The lowest BCUT2D eigenvalue weighted by Gasteiger charge is -2.09. The minimum absolute atomic E-state index is 0.254. The maximum Gasteiger partial charge on any atom is 0.153 e. The molecule has 19 heavy (non-hydrogen) atoms. The number of hydrogen-bond acceptors (Lipinski definition) is 2. The third kappa shape index (κ3) is 2.47. The van der Waals surface area contributed by atoms with E-state index in [0.29, 0.717) is 28.7 Å². The van der Waals surface area contributed by atoms with Gasteiger partial charge in [0.15, 0.2) is 6.29 Å². The van der Waals surface area contributed by atoms with Crippen LogP contribution >= 0.6 is 0 Å². The molecule has 0 fully saturated rings. The molecule has 0 heterocycles. The molecule has 0 N–H and O–H groups in total. The molecule has 0 saturated heterocycles. The van der Waals surface area contributed by atoms with Crippen molar-refractivity contribution in [2.24, 2.45) is 0 Å². The number of carbonyl (C=O) groups is 1. The van der Waals surface area contributed by atoms with Crippen LogP contribution in [0.2, 0.25) is 0 Å². The van der Waals surface area contributed by atoms with Gasteiger partial charge in [0.2, 0.25) is 0 Å². The van der Waals surface area contributed by atoms with E-state index in [0.717, 1.165) is 6.07 Å². The minimum Gasteiger partial charge on any atom is -0.496 e. The van der Waals surface area contributed by atoms with Gasteiger partial charge in [0.25, 0.3) is 0 Å². The van der Waals surface area contributed by atoms with Crippen LogP contribution in [0.5, 0.6) is 5.75 Å². The molecule has 2 nitrogen and oxygen atoms in total. The van der Waals surface area contributed by atoms with Gasteiger partial charge in [-0.2, -0.15) is 0 Å². The fourth-order valence-corrected chi connectivity index (χ4v) is 1.87. The lowest BCUT2D eigenvalue weighted by Crippen LogP contribution is -1.94. The van der Waals surface area contributed by atoms with Gasteiger partial charge < -0.3 is 4.74 Å². The second-order valence-corrected chi connectivity index (χ2v) is 4.16. The first kappa shape index (κ1) is 13.2. The molecule has 0 aliphatic rings. The Balaban J connectivity index is 2.59. The van der Waals surface area contributed by atoms with Crippen LogP contribution in [0, 0.1) is 18.6 Å². The summed E-state index contributed by atoms with van der Waals surface area (Å²) in [6.07, 6.45) is 0.636. The van der Waals surface area contributed by atoms with Crippen LogP contribution in [0.25, 0.3) is 11.1 Å². The van der Waals surface area contributed by atoms with E-state index in [2.05, 4.69) is 0 Å². The Hall–Kier alpha value is -2.23. The van der Waals surface area contributed by atoms with Crippen molar-refractivity contribution in [3.63, 3.8) is 0 Å². The Morgan fingerprint density at radius 3 is 2.47 bits per heavy atom. The van der Waals surface area contributed by atoms with E-state index >= 15 is 0 Å². The van der Waals surface area contributed by atoms with Crippen molar-refractivity contribution in [3.8, 4) is 16.9 Å². The summed E-state index contributed by atoms with van der Waals surface area (Å²) in [5, 5.41) is 0. The number of benzene rings is 2. The summed E-state index contributed by atoms with van der Waals surface area (Å²) in [6, 6.07) is 6.98. The van der Waals surface area contributed by atoms with E-state index in [1.54, 1.807) is 19.1 Å². The first-order valence-corrected chi connectivity index (χ1v) is 5.66. The number of aryl methyl sites for hydroxylation is 1. The van der Waals surface area contributed by atoms with Crippen molar-refractivity contribution in [2.75, 3.05) is 7.11 Å². The number of halogens is 2. The summed E-state index contributed by atoms with van der Waals surface area (Å²) in [5.74, 6) is -0.839. The lowest BCUT2D eigenvalue weighted by molar-refractivity contribution is 0.112. The standard InChI is InChI=1S/C15H12F2O2/c1-9-5-12(14(17)7-13(9)16)10-3-4-15(19-2)11(6-10)8-18/h3-8H,1-2H3. The summed E-state index contributed by atoms with van der Waals surface area (Å²) in [6.45, 7) is 1.56. The van der Waals surface area contributed by atoms with Crippen LogP contribution in [0.15, 0.2) is 30.3 Å². The lowest BCUT2D eigenvalue weighted by atomic mass is 10.0. The molecule has 98 valence electrons. The third-order valence-electron chi connectivity index (χ3n) is 2.92. The maximum absolute atomic E-state index is 13.8. The molecule has 0 spiro atoms. The van der Waals surface area contributed by atoms with E-state index < -0.39 is 11.6 Å². The number of hydrogen-bond donors (Lipinski definition) is 0. The SMILES string of the molecule is COc1ccc(-c2cc(C)c(F)cc2F)cc1C=O. The van der Waals surface area contributed by atoms with Crippen LogP contribution in [0.3, 0.4) is 0 Å². The van der Waals surface area contributed by atoms with Gasteiger partial charge in [0.1, 0.15) is 17.4 Å². The van der Waals surface area contributed by atoms with E-state index in [-0.39, 0.29) is 5.56 Å². The summed E-state index contributed by atoms with van der Waals surface area (Å²) in [5.41, 5.74) is 1.43. The fourth-order valence-electron chi connectivity index (χ4n) is 1.87. The normalized spacial score (nSPS) is 10.3. The number of methoxy groups -OCH3 is 1. The molecule has 2 aromatic carbocycles. The van der Waals surface area contributed by atoms with Gasteiger partial charge in [-0.15, -0.1) is 0 Å². The van der Waals surface area contributed by atoms with Gasteiger partial charge in [-0.25, -0.2) is 8.78 Å². The van der Waals surface area contributed by atoms with Crippen LogP contribution in [-0.2, 0) is 0 Å². The van der Waals surface area contributed by atoms with Gasteiger partial charge in [0, 0.05) is 11.6 Å². The average molecular weight is 262 g/mol. The van der Waals surface area contributed by atoms with Crippen LogP contribution in [-0.4, -0.2) is 13.4 Å². The second-order valence-electron chi connectivity index (χ2n) is 4.16. The van der Waals surface area contributed by atoms with Gasteiger partial charge >= 0.3 is 0 Å². The fraction of sp³-hybridized carbons (Fsp3) is 0.133. The van der Waals surface area contributed by atoms with Crippen molar-refractivity contribution in [3.05, 3.63) is 53.1 Å². The smallest absolute Gasteiger partial charge is 0.153 e. The minimum atomic E-state index is -0.662. The molecule has 0 radical (unpaired) electrons. The zero-order valence-electron chi connectivity index (χ0n) is 10.5. The van der Waals surface area contributed by atoms with Crippen molar-refractivity contribution in [1.29, 1.82) is 0 Å². The molecule has 2 rings (SSSR count). The van der Waals surface area contributed by atoms with Gasteiger partial charge in [0.05, 0.1) is 12.7 Å². The number of carbonyl (C=O) groups excluding carboxylic acids is 1. The number of rotatable bonds is 3. The van der Waals surface area contributed by atoms with Crippen LogP contribution in [0.4, 0.5) is 8.78 Å². The molecular weight excluding hydrogens is 250 g/mol. The molecule has 0 saturated carbocycles. The van der Waals surface area contributed by atoms with Gasteiger partial charge in [-0.3, -0.25) is 4.79 Å². The summed E-state index contributed by atoms with van der Waals surface area (Å²) >= 11 is 0. The monoisotopic (exact) mass is 262 g/mol. The van der Waals surface area contributed by atoms with Gasteiger partial charge in [-0.1, -0.05) is 6.07 Å². The largest absolute Gasteiger partial charge is 0.496 e. The topological polar surface area (TPSA) is 26.3 Å². The highest BCUT2D eigenvalue weighted by Gasteiger charge is 2.11. The van der Waals surface area contributed by atoms with Gasteiger partial charge in [-0.05, 0) is 36.2 Å². The molecule has 4 heteroatoms. The predicted molar refractivity (Wildman–Crippen MR) is 68.5 cm³/mol. The van der Waals surface area contributed by atoms with Crippen LogP contribution in [0.1, 0.15) is 15.9 Å². The van der Waals surface area contributed by atoms with Crippen molar-refractivity contribution in [2.45, 2.75) is 6.92 Å². The van der Waals surface area contributed by atoms with Crippen molar-refractivity contribution >= 4 is 6.29 Å². The highest BCUT2D eigenvalue weighted by Crippen LogP contribution is 2.29. The van der Waals surface area contributed by atoms with E-state index in [1.165, 1.54) is 19.2 Å². The zero-order chi connectivity index (χ0) is 14.0. The Morgan fingerprint density at radius 1 is 1.11 bits per heavy atom. The first-order valence-electron chi connectivity index (χ1n) is 5.66. The zero-order valence-corrected chi connectivity index (χ0v) is 10.5. The number of aldehydes is 1. The Kier molecular flexibility index (Phi) is 3.60. The van der Waals surface area contributed by atoms with Crippen molar-refractivity contribution in [1.82, 2.24) is 0 Å². The Labute approximate surface area is 109 Å². The second kappa shape index (κ2) is 5.18.